The second-order valence-electron chi connectivity index (χ2n) is 4.80. The van der Waals surface area contributed by atoms with Gasteiger partial charge in [-0.1, -0.05) is 34.1 Å². The summed E-state index contributed by atoms with van der Waals surface area (Å²) in [7, 11) is 0. The Hall–Kier alpha value is -1.61. The van der Waals surface area contributed by atoms with Crippen molar-refractivity contribution in [3.63, 3.8) is 0 Å². The molecule has 1 aromatic heterocycles. The van der Waals surface area contributed by atoms with Gasteiger partial charge in [-0.05, 0) is 48.7 Å². The van der Waals surface area contributed by atoms with Gasteiger partial charge in [0.1, 0.15) is 6.33 Å². The van der Waals surface area contributed by atoms with Crippen LogP contribution in [-0.2, 0) is 5.33 Å². The highest BCUT2D eigenvalue weighted by Crippen LogP contribution is 2.24. The van der Waals surface area contributed by atoms with Gasteiger partial charge in [-0.3, -0.25) is 4.57 Å². The molecule has 0 aliphatic heterocycles. The predicted molar refractivity (Wildman–Crippen MR) is 83.2 cm³/mol. The normalized spacial score (nSPS) is 11.1. The molecule has 0 unspecified atom stereocenters. The molecule has 2 aromatic carbocycles. The number of benzene rings is 2. The van der Waals surface area contributed by atoms with E-state index in [0.29, 0.717) is 0 Å². The standard InChI is InChI=1S/C16H15BrN2/c1-11-7-14-16(8-12(11)2)19(10-18-14)15-6-4-3-5-13(15)9-17/h3-8,10H,9H2,1-2H3. The third kappa shape index (κ3) is 2.08. The number of halogens is 1. The van der Waals surface area contributed by atoms with E-state index in [1.807, 2.05) is 6.33 Å². The Bertz CT molecular complexity index is 744. The molecule has 0 saturated heterocycles. The van der Waals surface area contributed by atoms with Crippen LogP contribution in [0.2, 0.25) is 0 Å². The first-order chi connectivity index (χ1) is 9.20. The summed E-state index contributed by atoms with van der Waals surface area (Å²) >= 11 is 3.55. The van der Waals surface area contributed by atoms with Crippen molar-refractivity contribution in [2.75, 3.05) is 0 Å². The van der Waals surface area contributed by atoms with E-state index in [1.165, 1.54) is 22.4 Å². The maximum Gasteiger partial charge on any atom is 0.100 e. The van der Waals surface area contributed by atoms with Crippen molar-refractivity contribution in [3.05, 3.63) is 59.4 Å². The molecule has 0 spiro atoms. The quantitative estimate of drug-likeness (QED) is 0.635. The molecule has 0 fully saturated rings. The minimum atomic E-state index is 0.841. The highest BCUT2D eigenvalue weighted by atomic mass is 79.9. The fraction of sp³-hybridized carbons (Fsp3) is 0.188. The largest absolute Gasteiger partial charge is 0.299 e. The third-order valence-corrected chi connectivity index (χ3v) is 4.16. The summed E-state index contributed by atoms with van der Waals surface area (Å²) in [5.74, 6) is 0. The Labute approximate surface area is 121 Å². The van der Waals surface area contributed by atoms with Crippen LogP contribution >= 0.6 is 15.9 Å². The molecule has 0 saturated carbocycles. The molecule has 0 aliphatic rings. The molecular formula is C16H15BrN2. The summed E-state index contributed by atoms with van der Waals surface area (Å²) in [5.41, 5.74) is 7.24. The number of aryl methyl sites for hydroxylation is 2. The first-order valence-corrected chi connectivity index (χ1v) is 7.41. The maximum absolute atomic E-state index is 4.52. The summed E-state index contributed by atoms with van der Waals surface area (Å²) in [6.07, 6.45) is 1.91. The van der Waals surface area contributed by atoms with Crippen LogP contribution in [0.5, 0.6) is 0 Å². The van der Waals surface area contributed by atoms with Crippen LogP contribution in [0.1, 0.15) is 16.7 Å². The number of fused-ring (bicyclic) bond motifs is 1. The average molecular weight is 315 g/mol. The van der Waals surface area contributed by atoms with E-state index in [-0.39, 0.29) is 0 Å². The number of alkyl halides is 1. The third-order valence-electron chi connectivity index (χ3n) is 3.56. The van der Waals surface area contributed by atoms with Gasteiger partial charge < -0.3 is 0 Å². The van der Waals surface area contributed by atoms with Gasteiger partial charge in [-0.15, -0.1) is 0 Å². The van der Waals surface area contributed by atoms with Gasteiger partial charge >= 0.3 is 0 Å². The predicted octanol–water partition coefficient (Wildman–Crippen LogP) is 4.54. The number of imidazole rings is 1. The van der Waals surface area contributed by atoms with E-state index in [4.69, 9.17) is 0 Å². The summed E-state index contributed by atoms with van der Waals surface area (Å²) in [5, 5.41) is 0.841. The zero-order valence-corrected chi connectivity index (χ0v) is 12.6. The molecule has 0 amide bonds. The number of hydrogen-bond acceptors (Lipinski definition) is 1. The number of hydrogen-bond donors (Lipinski definition) is 0. The van der Waals surface area contributed by atoms with Gasteiger partial charge in [0.15, 0.2) is 0 Å². The van der Waals surface area contributed by atoms with Crippen LogP contribution in [0.4, 0.5) is 0 Å². The summed E-state index contributed by atoms with van der Waals surface area (Å²) in [6.45, 7) is 4.27. The van der Waals surface area contributed by atoms with Crippen LogP contribution in [0.25, 0.3) is 16.7 Å². The Kier molecular flexibility index (Phi) is 3.15. The fourth-order valence-electron chi connectivity index (χ4n) is 2.32. The highest BCUT2D eigenvalue weighted by molar-refractivity contribution is 9.08. The lowest BCUT2D eigenvalue weighted by Gasteiger charge is -2.10. The topological polar surface area (TPSA) is 17.8 Å². The molecule has 3 rings (SSSR count). The molecule has 2 nitrogen and oxygen atoms in total. The van der Waals surface area contributed by atoms with Gasteiger partial charge in [0.25, 0.3) is 0 Å². The van der Waals surface area contributed by atoms with Crippen molar-refractivity contribution in [1.29, 1.82) is 0 Å². The number of rotatable bonds is 2. The van der Waals surface area contributed by atoms with Crippen molar-refractivity contribution < 1.29 is 0 Å². The smallest absolute Gasteiger partial charge is 0.100 e. The average Bonchev–Trinajstić information content (AvgIpc) is 2.82. The van der Waals surface area contributed by atoms with E-state index in [1.54, 1.807) is 0 Å². The van der Waals surface area contributed by atoms with Crippen molar-refractivity contribution >= 4 is 27.0 Å². The zero-order chi connectivity index (χ0) is 13.4. The Balaban J connectivity index is 2.28. The van der Waals surface area contributed by atoms with Crippen LogP contribution in [0.15, 0.2) is 42.7 Å². The van der Waals surface area contributed by atoms with Crippen LogP contribution in [0, 0.1) is 13.8 Å². The lowest BCUT2D eigenvalue weighted by molar-refractivity contribution is 1.07. The Morgan fingerprint density at radius 2 is 1.84 bits per heavy atom. The SMILES string of the molecule is Cc1cc2ncn(-c3ccccc3CBr)c2cc1C. The molecular weight excluding hydrogens is 300 g/mol. The Morgan fingerprint density at radius 1 is 1.11 bits per heavy atom. The summed E-state index contributed by atoms with van der Waals surface area (Å²) in [6, 6.07) is 12.8. The number of para-hydroxylation sites is 1. The lowest BCUT2D eigenvalue weighted by Crippen LogP contribution is -1.97. The Morgan fingerprint density at radius 3 is 2.63 bits per heavy atom. The van der Waals surface area contributed by atoms with E-state index in [2.05, 4.69) is 75.7 Å². The monoisotopic (exact) mass is 314 g/mol. The van der Waals surface area contributed by atoms with E-state index < -0.39 is 0 Å². The maximum atomic E-state index is 4.52. The zero-order valence-electron chi connectivity index (χ0n) is 11.0. The first-order valence-electron chi connectivity index (χ1n) is 6.29. The van der Waals surface area contributed by atoms with E-state index in [0.717, 1.165) is 16.4 Å². The van der Waals surface area contributed by atoms with Crippen LogP contribution < -0.4 is 0 Å². The molecule has 3 aromatic rings. The number of aromatic nitrogens is 2. The van der Waals surface area contributed by atoms with Crippen LogP contribution in [0.3, 0.4) is 0 Å². The molecule has 96 valence electrons. The van der Waals surface area contributed by atoms with Gasteiger partial charge in [0.2, 0.25) is 0 Å². The molecule has 19 heavy (non-hydrogen) atoms. The second kappa shape index (κ2) is 4.82. The van der Waals surface area contributed by atoms with Crippen molar-refractivity contribution in [2.24, 2.45) is 0 Å². The lowest BCUT2D eigenvalue weighted by atomic mass is 10.1. The van der Waals surface area contributed by atoms with Gasteiger partial charge in [0.05, 0.1) is 16.7 Å². The minimum absolute atomic E-state index is 0.841. The molecule has 0 aliphatic carbocycles. The van der Waals surface area contributed by atoms with Crippen LogP contribution in [-0.4, -0.2) is 9.55 Å². The molecule has 3 heteroatoms. The van der Waals surface area contributed by atoms with E-state index >= 15 is 0 Å². The van der Waals surface area contributed by atoms with E-state index in [9.17, 15) is 0 Å². The van der Waals surface area contributed by atoms with Gasteiger partial charge in [-0.2, -0.15) is 0 Å². The molecule has 0 N–H and O–H groups in total. The second-order valence-corrected chi connectivity index (χ2v) is 5.36. The van der Waals surface area contributed by atoms with Crippen molar-refractivity contribution in [3.8, 4) is 5.69 Å². The molecule has 0 radical (unpaired) electrons. The minimum Gasteiger partial charge on any atom is -0.299 e. The summed E-state index contributed by atoms with van der Waals surface area (Å²) in [4.78, 5) is 4.52. The summed E-state index contributed by atoms with van der Waals surface area (Å²) < 4.78 is 2.17. The van der Waals surface area contributed by atoms with Gasteiger partial charge in [-0.25, -0.2) is 4.98 Å². The molecule has 1 heterocycles. The van der Waals surface area contributed by atoms with Gasteiger partial charge in [0, 0.05) is 5.33 Å². The first kappa shape index (κ1) is 12.4. The highest BCUT2D eigenvalue weighted by Gasteiger charge is 2.09. The van der Waals surface area contributed by atoms with Crippen molar-refractivity contribution in [2.45, 2.75) is 19.2 Å². The number of nitrogens with zero attached hydrogens (tertiary/aromatic N) is 2. The molecule has 0 bridgehead atoms. The molecule has 0 atom stereocenters. The van der Waals surface area contributed by atoms with Crippen molar-refractivity contribution in [1.82, 2.24) is 9.55 Å². The fourth-order valence-corrected chi connectivity index (χ4v) is 2.79.